The molecule has 0 fully saturated rings. The summed E-state index contributed by atoms with van der Waals surface area (Å²) in [5, 5.41) is 9.01. The van der Waals surface area contributed by atoms with E-state index in [2.05, 4.69) is 42.5 Å². The second-order valence-corrected chi connectivity index (χ2v) is 4.21. The quantitative estimate of drug-likeness (QED) is 0.693. The Labute approximate surface area is 98.8 Å². The normalized spacial score (nSPS) is 13.1. The maximum Gasteiger partial charge on any atom is 0.0433 e. The summed E-state index contributed by atoms with van der Waals surface area (Å²) in [6.45, 7) is 2.35. The second kappa shape index (κ2) is 8.12. The highest BCUT2D eigenvalue weighted by atomic mass is 16.3. The zero-order valence-corrected chi connectivity index (χ0v) is 10.1. The molecule has 1 aromatic carbocycles. The fourth-order valence-corrected chi connectivity index (χ4v) is 1.91. The highest BCUT2D eigenvalue weighted by Crippen LogP contribution is 2.17. The summed E-state index contributed by atoms with van der Waals surface area (Å²) in [7, 11) is 0. The van der Waals surface area contributed by atoms with E-state index in [1.54, 1.807) is 0 Å². The van der Waals surface area contributed by atoms with Gasteiger partial charge in [-0.15, -0.1) is 0 Å². The van der Waals surface area contributed by atoms with Gasteiger partial charge in [-0.25, -0.2) is 0 Å². The highest BCUT2D eigenvalue weighted by Gasteiger charge is 2.06. The number of aliphatic hydroxyl groups excluding tert-OH is 1. The summed E-state index contributed by atoms with van der Waals surface area (Å²) in [5.41, 5.74) is 1.39. The van der Waals surface area contributed by atoms with Crippen molar-refractivity contribution >= 4 is 0 Å². The van der Waals surface area contributed by atoms with Crippen LogP contribution in [0.2, 0.25) is 0 Å². The Hall–Kier alpha value is -1.08. The van der Waals surface area contributed by atoms with Crippen LogP contribution in [-0.4, -0.2) is 11.7 Å². The van der Waals surface area contributed by atoms with E-state index in [9.17, 15) is 0 Å². The average molecular weight is 218 g/mol. The number of allylic oxidation sites excluding steroid dienone is 2. The molecule has 1 heteroatoms. The number of aliphatic hydroxyl groups is 1. The SMILES string of the molecule is CC=CCC(CCO)CCc1ccccc1. The van der Waals surface area contributed by atoms with Crippen molar-refractivity contribution in [2.45, 2.75) is 32.6 Å². The van der Waals surface area contributed by atoms with Gasteiger partial charge < -0.3 is 5.11 Å². The largest absolute Gasteiger partial charge is 0.396 e. The van der Waals surface area contributed by atoms with Gasteiger partial charge in [0.2, 0.25) is 0 Å². The first-order chi connectivity index (χ1) is 7.86. The number of aryl methyl sites for hydroxylation is 1. The number of hydrogen-bond acceptors (Lipinski definition) is 1. The van der Waals surface area contributed by atoms with Crippen molar-refractivity contribution in [1.29, 1.82) is 0 Å². The maximum atomic E-state index is 9.01. The monoisotopic (exact) mass is 218 g/mol. The predicted octanol–water partition coefficient (Wildman–Crippen LogP) is 3.58. The van der Waals surface area contributed by atoms with E-state index in [4.69, 9.17) is 5.11 Å². The minimum Gasteiger partial charge on any atom is -0.396 e. The highest BCUT2D eigenvalue weighted by molar-refractivity contribution is 5.14. The molecule has 0 saturated carbocycles. The van der Waals surface area contributed by atoms with Crippen LogP contribution in [0.1, 0.15) is 31.7 Å². The lowest BCUT2D eigenvalue weighted by Gasteiger charge is -2.13. The molecule has 1 aromatic rings. The fraction of sp³-hybridized carbons (Fsp3) is 0.467. The van der Waals surface area contributed by atoms with Crippen molar-refractivity contribution in [3.63, 3.8) is 0 Å². The van der Waals surface area contributed by atoms with Crippen molar-refractivity contribution in [2.24, 2.45) is 5.92 Å². The third kappa shape index (κ3) is 5.13. The van der Waals surface area contributed by atoms with Gasteiger partial charge in [-0.3, -0.25) is 0 Å². The first-order valence-corrected chi connectivity index (χ1v) is 6.12. The van der Waals surface area contributed by atoms with Gasteiger partial charge in [0.15, 0.2) is 0 Å². The first-order valence-electron chi connectivity index (χ1n) is 6.12. The van der Waals surface area contributed by atoms with Gasteiger partial charge in [0.1, 0.15) is 0 Å². The molecule has 0 amide bonds. The molecule has 1 atom stereocenters. The molecule has 1 nitrogen and oxygen atoms in total. The maximum absolute atomic E-state index is 9.01. The Morgan fingerprint density at radius 2 is 1.94 bits per heavy atom. The van der Waals surface area contributed by atoms with Crippen LogP contribution in [0.3, 0.4) is 0 Å². The van der Waals surface area contributed by atoms with Crippen LogP contribution in [0.5, 0.6) is 0 Å². The van der Waals surface area contributed by atoms with E-state index < -0.39 is 0 Å². The Balaban J connectivity index is 2.37. The van der Waals surface area contributed by atoms with Crippen LogP contribution in [0.4, 0.5) is 0 Å². The molecule has 0 spiro atoms. The van der Waals surface area contributed by atoms with E-state index >= 15 is 0 Å². The van der Waals surface area contributed by atoms with Crippen molar-refractivity contribution in [2.75, 3.05) is 6.61 Å². The molecule has 0 heterocycles. The van der Waals surface area contributed by atoms with Crippen molar-refractivity contribution in [3.8, 4) is 0 Å². The fourth-order valence-electron chi connectivity index (χ4n) is 1.91. The summed E-state index contributed by atoms with van der Waals surface area (Å²) in [6.07, 6.45) is 8.57. The van der Waals surface area contributed by atoms with Crippen LogP contribution >= 0.6 is 0 Å². The Morgan fingerprint density at radius 3 is 2.56 bits per heavy atom. The second-order valence-electron chi connectivity index (χ2n) is 4.21. The summed E-state index contributed by atoms with van der Waals surface area (Å²) in [5.74, 6) is 0.612. The van der Waals surface area contributed by atoms with E-state index in [1.165, 1.54) is 5.56 Å². The summed E-state index contributed by atoms with van der Waals surface area (Å²) >= 11 is 0. The van der Waals surface area contributed by atoms with Gasteiger partial charge in [0.25, 0.3) is 0 Å². The molecule has 1 rings (SSSR count). The van der Waals surface area contributed by atoms with E-state index in [0.717, 1.165) is 25.7 Å². The lowest BCUT2D eigenvalue weighted by atomic mass is 9.93. The molecular formula is C15H22O. The van der Waals surface area contributed by atoms with Crippen molar-refractivity contribution < 1.29 is 5.11 Å². The van der Waals surface area contributed by atoms with Gasteiger partial charge in [0.05, 0.1) is 0 Å². The Bertz CT molecular complexity index is 290. The summed E-state index contributed by atoms with van der Waals surface area (Å²) in [4.78, 5) is 0. The zero-order chi connectivity index (χ0) is 11.6. The average Bonchev–Trinajstić information content (AvgIpc) is 2.34. The van der Waals surface area contributed by atoms with Crippen LogP contribution in [-0.2, 0) is 6.42 Å². The molecule has 0 radical (unpaired) electrons. The van der Waals surface area contributed by atoms with Gasteiger partial charge in [-0.2, -0.15) is 0 Å². The van der Waals surface area contributed by atoms with Gasteiger partial charge >= 0.3 is 0 Å². The first kappa shape index (κ1) is 13.0. The predicted molar refractivity (Wildman–Crippen MR) is 69.4 cm³/mol. The number of benzene rings is 1. The molecule has 1 unspecified atom stereocenters. The van der Waals surface area contributed by atoms with Gasteiger partial charge in [-0.1, -0.05) is 42.5 Å². The molecule has 0 bridgehead atoms. The van der Waals surface area contributed by atoms with Crippen LogP contribution in [0.25, 0.3) is 0 Å². The molecule has 0 aliphatic rings. The zero-order valence-electron chi connectivity index (χ0n) is 10.1. The van der Waals surface area contributed by atoms with Gasteiger partial charge in [0, 0.05) is 6.61 Å². The lowest BCUT2D eigenvalue weighted by molar-refractivity contribution is 0.252. The van der Waals surface area contributed by atoms with E-state index in [1.807, 2.05) is 6.92 Å². The van der Waals surface area contributed by atoms with E-state index in [0.29, 0.717) is 12.5 Å². The molecule has 0 aliphatic heterocycles. The molecule has 16 heavy (non-hydrogen) atoms. The third-order valence-electron chi connectivity index (χ3n) is 2.93. The minimum atomic E-state index is 0.303. The molecule has 88 valence electrons. The Kier molecular flexibility index (Phi) is 6.59. The van der Waals surface area contributed by atoms with E-state index in [-0.39, 0.29) is 0 Å². The van der Waals surface area contributed by atoms with Crippen LogP contribution in [0.15, 0.2) is 42.5 Å². The topological polar surface area (TPSA) is 20.2 Å². The molecule has 1 N–H and O–H groups in total. The summed E-state index contributed by atoms with van der Waals surface area (Å²) < 4.78 is 0. The molecule has 0 saturated heterocycles. The number of rotatable bonds is 7. The third-order valence-corrected chi connectivity index (χ3v) is 2.93. The minimum absolute atomic E-state index is 0.303. The van der Waals surface area contributed by atoms with Gasteiger partial charge in [-0.05, 0) is 44.1 Å². The number of hydrogen-bond donors (Lipinski definition) is 1. The van der Waals surface area contributed by atoms with Crippen LogP contribution in [0, 0.1) is 5.92 Å². The Morgan fingerprint density at radius 1 is 1.19 bits per heavy atom. The molecular weight excluding hydrogens is 196 g/mol. The van der Waals surface area contributed by atoms with Crippen molar-refractivity contribution in [1.82, 2.24) is 0 Å². The van der Waals surface area contributed by atoms with Crippen LogP contribution < -0.4 is 0 Å². The van der Waals surface area contributed by atoms with Crippen molar-refractivity contribution in [3.05, 3.63) is 48.0 Å². The smallest absolute Gasteiger partial charge is 0.0433 e. The lowest BCUT2D eigenvalue weighted by Crippen LogP contribution is -2.04. The standard InChI is InChI=1S/C15H22O/c1-2-3-7-15(12-13-16)11-10-14-8-5-4-6-9-14/h2-6,8-9,15-16H,7,10-13H2,1H3. The summed E-state index contributed by atoms with van der Waals surface area (Å²) in [6, 6.07) is 10.6. The molecule has 0 aromatic heterocycles. The molecule has 0 aliphatic carbocycles.